The van der Waals surface area contributed by atoms with Crippen molar-refractivity contribution < 1.29 is 22.7 Å². The third kappa shape index (κ3) is 4.19. The third-order valence-corrected chi connectivity index (χ3v) is 6.58. The summed E-state index contributed by atoms with van der Waals surface area (Å²) in [7, 11) is -2.45. The fourth-order valence-electron chi connectivity index (χ4n) is 3.48. The van der Waals surface area contributed by atoms with Crippen molar-refractivity contribution in [1.82, 2.24) is 4.72 Å². The summed E-state index contributed by atoms with van der Waals surface area (Å²) < 4.78 is 39.0. The van der Waals surface area contributed by atoms with E-state index in [1.54, 1.807) is 0 Å². The summed E-state index contributed by atoms with van der Waals surface area (Å²) in [5, 5.41) is 0. The minimum atomic E-state index is -3.84. The van der Waals surface area contributed by atoms with Gasteiger partial charge in [-0.15, -0.1) is 0 Å². The van der Waals surface area contributed by atoms with Gasteiger partial charge in [0.2, 0.25) is 10.0 Å². The molecule has 0 aliphatic carbocycles. The van der Waals surface area contributed by atoms with Crippen molar-refractivity contribution in [3.63, 3.8) is 0 Å². The Labute approximate surface area is 164 Å². The van der Waals surface area contributed by atoms with E-state index in [-0.39, 0.29) is 28.2 Å². The summed E-state index contributed by atoms with van der Waals surface area (Å²) in [6.07, 6.45) is 1.43. The fraction of sp³-hybridized carbons (Fsp3) is 0.350. The number of amides is 1. The minimum absolute atomic E-state index is 0.0224. The highest BCUT2D eigenvalue weighted by atomic mass is 32.2. The smallest absolute Gasteiger partial charge is 0.252 e. The molecule has 1 saturated heterocycles. The molecule has 0 bridgehead atoms. The molecule has 150 valence electrons. The second-order valence-electron chi connectivity index (χ2n) is 6.81. The van der Waals surface area contributed by atoms with E-state index < -0.39 is 15.9 Å². The van der Waals surface area contributed by atoms with Crippen molar-refractivity contribution in [2.24, 2.45) is 5.73 Å². The highest BCUT2D eigenvalue weighted by molar-refractivity contribution is 7.89. The molecule has 2 aromatic rings. The lowest BCUT2D eigenvalue weighted by Crippen LogP contribution is -2.44. The molecule has 1 amide bonds. The van der Waals surface area contributed by atoms with Gasteiger partial charge in [0.1, 0.15) is 5.75 Å². The number of nitrogens with two attached hydrogens (primary N) is 1. The average Bonchev–Trinajstić information content (AvgIpc) is 2.73. The molecule has 8 heteroatoms. The summed E-state index contributed by atoms with van der Waals surface area (Å²) in [5.74, 6) is -0.518. The molecule has 2 aromatic carbocycles. The molecule has 0 aromatic heterocycles. The van der Waals surface area contributed by atoms with Crippen molar-refractivity contribution in [3.8, 4) is 5.75 Å². The molecule has 1 fully saturated rings. The standard InChI is InChI=1S/C20H24N2O5S/c1-26-18-8-7-16(13-17(18)19(21)23)28(24,25)22-14-20(9-11-27-12-10-20)15-5-3-2-4-6-15/h2-8,13,22H,9-12,14H2,1H3,(H2,21,23). The predicted molar refractivity (Wildman–Crippen MR) is 105 cm³/mol. The van der Waals surface area contributed by atoms with Crippen LogP contribution >= 0.6 is 0 Å². The van der Waals surface area contributed by atoms with Crippen LogP contribution in [0.1, 0.15) is 28.8 Å². The van der Waals surface area contributed by atoms with Crippen molar-refractivity contribution in [1.29, 1.82) is 0 Å². The number of nitrogens with one attached hydrogen (secondary N) is 1. The molecule has 1 aliphatic heterocycles. The van der Waals surface area contributed by atoms with Crippen molar-refractivity contribution in [2.75, 3.05) is 26.9 Å². The van der Waals surface area contributed by atoms with E-state index in [1.807, 2.05) is 30.3 Å². The molecule has 0 saturated carbocycles. The normalized spacial score (nSPS) is 16.5. The number of rotatable bonds is 7. The van der Waals surface area contributed by atoms with Gasteiger partial charge in [-0.2, -0.15) is 0 Å². The van der Waals surface area contributed by atoms with Crippen LogP contribution in [-0.4, -0.2) is 41.2 Å². The lowest BCUT2D eigenvalue weighted by molar-refractivity contribution is 0.0517. The van der Waals surface area contributed by atoms with Gasteiger partial charge in [-0.1, -0.05) is 30.3 Å². The highest BCUT2D eigenvalue weighted by Crippen LogP contribution is 2.34. The molecule has 3 rings (SSSR count). The first-order valence-electron chi connectivity index (χ1n) is 8.99. The van der Waals surface area contributed by atoms with Crippen molar-refractivity contribution in [3.05, 3.63) is 59.7 Å². The number of methoxy groups -OCH3 is 1. The van der Waals surface area contributed by atoms with Gasteiger partial charge in [-0.25, -0.2) is 13.1 Å². The van der Waals surface area contributed by atoms with Crippen molar-refractivity contribution in [2.45, 2.75) is 23.2 Å². The van der Waals surface area contributed by atoms with Crippen molar-refractivity contribution >= 4 is 15.9 Å². The van der Waals surface area contributed by atoms with Gasteiger partial charge in [0.15, 0.2) is 0 Å². The molecular formula is C20H24N2O5S. The van der Waals surface area contributed by atoms with E-state index in [1.165, 1.54) is 25.3 Å². The fourth-order valence-corrected chi connectivity index (χ4v) is 4.64. The number of carbonyl (C=O) groups is 1. The first-order chi connectivity index (χ1) is 13.4. The van der Waals surface area contributed by atoms with Gasteiger partial charge < -0.3 is 15.2 Å². The lowest BCUT2D eigenvalue weighted by Gasteiger charge is -2.37. The zero-order valence-electron chi connectivity index (χ0n) is 15.7. The van der Waals surface area contributed by atoms with Crippen LogP contribution in [0.5, 0.6) is 5.75 Å². The van der Waals surface area contributed by atoms with Gasteiger partial charge >= 0.3 is 0 Å². The Hall–Kier alpha value is -2.42. The monoisotopic (exact) mass is 404 g/mol. The Morgan fingerprint density at radius 2 is 1.86 bits per heavy atom. The number of carbonyl (C=O) groups excluding carboxylic acids is 1. The number of benzene rings is 2. The number of sulfonamides is 1. The molecule has 7 nitrogen and oxygen atoms in total. The summed E-state index contributed by atoms with van der Waals surface area (Å²) in [6, 6.07) is 13.9. The first-order valence-corrected chi connectivity index (χ1v) is 10.5. The largest absolute Gasteiger partial charge is 0.496 e. The molecule has 0 spiro atoms. The predicted octanol–water partition coefficient (Wildman–Crippen LogP) is 1.82. The van der Waals surface area contributed by atoms with Gasteiger partial charge in [0, 0.05) is 25.2 Å². The molecular weight excluding hydrogens is 380 g/mol. The Kier molecular flexibility index (Phi) is 6.02. The molecule has 1 aliphatic rings. The zero-order valence-corrected chi connectivity index (χ0v) is 16.5. The Bertz CT molecular complexity index is 938. The molecule has 0 atom stereocenters. The van der Waals surface area contributed by atoms with E-state index in [9.17, 15) is 13.2 Å². The molecule has 3 N–H and O–H groups in total. The van der Waals surface area contributed by atoms with Crippen LogP contribution in [0.3, 0.4) is 0 Å². The number of hydrogen-bond acceptors (Lipinski definition) is 5. The SMILES string of the molecule is COc1ccc(S(=O)(=O)NCC2(c3ccccc3)CCOCC2)cc1C(N)=O. The second kappa shape index (κ2) is 8.30. The Morgan fingerprint density at radius 1 is 1.18 bits per heavy atom. The van der Waals surface area contributed by atoms with Crippen LogP contribution in [0.2, 0.25) is 0 Å². The van der Waals surface area contributed by atoms with E-state index >= 15 is 0 Å². The van der Waals surface area contributed by atoms with Crippen LogP contribution in [0.25, 0.3) is 0 Å². The van der Waals surface area contributed by atoms with Crippen LogP contribution in [-0.2, 0) is 20.2 Å². The lowest BCUT2D eigenvalue weighted by atomic mass is 9.74. The van der Waals surface area contributed by atoms with E-state index in [0.717, 1.165) is 5.56 Å². The minimum Gasteiger partial charge on any atom is -0.496 e. The zero-order chi connectivity index (χ0) is 20.2. The maximum Gasteiger partial charge on any atom is 0.252 e. The van der Waals surface area contributed by atoms with Crippen LogP contribution in [0, 0.1) is 0 Å². The summed E-state index contributed by atoms with van der Waals surface area (Å²) in [6.45, 7) is 1.39. The van der Waals surface area contributed by atoms with Gasteiger partial charge in [-0.3, -0.25) is 4.79 Å². The van der Waals surface area contributed by atoms with Crippen LogP contribution in [0.4, 0.5) is 0 Å². The van der Waals surface area contributed by atoms with Crippen LogP contribution < -0.4 is 15.2 Å². The summed E-state index contributed by atoms with van der Waals surface area (Å²) in [4.78, 5) is 11.6. The molecule has 0 radical (unpaired) electrons. The summed E-state index contributed by atoms with van der Waals surface area (Å²) >= 11 is 0. The highest BCUT2D eigenvalue weighted by Gasteiger charge is 2.35. The quantitative estimate of drug-likeness (QED) is 0.732. The first kappa shape index (κ1) is 20.3. The Balaban J connectivity index is 1.87. The molecule has 28 heavy (non-hydrogen) atoms. The van der Waals surface area contributed by atoms with E-state index in [4.69, 9.17) is 15.2 Å². The van der Waals surface area contributed by atoms with Gasteiger partial charge in [0.25, 0.3) is 5.91 Å². The maximum absolute atomic E-state index is 12.9. The third-order valence-electron chi connectivity index (χ3n) is 5.18. The number of hydrogen-bond donors (Lipinski definition) is 2. The van der Waals surface area contributed by atoms with Crippen LogP contribution in [0.15, 0.2) is 53.4 Å². The second-order valence-corrected chi connectivity index (χ2v) is 8.58. The van der Waals surface area contributed by atoms with E-state index in [2.05, 4.69) is 4.72 Å². The molecule has 1 heterocycles. The molecule has 0 unspecified atom stereocenters. The van der Waals surface area contributed by atoms with Gasteiger partial charge in [-0.05, 0) is 36.6 Å². The summed E-state index contributed by atoms with van der Waals surface area (Å²) in [5.41, 5.74) is 6.10. The average molecular weight is 404 g/mol. The van der Waals surface area contributed by atoms with E-state index in [0.29, 0.717) is 26.1 Å². The number of primary amides is 1. The maximum atomic E-state index is 12.9. The number of ether oxygens (including phenoxy) is 2. The Morgan fingerprint density at radius 3 is 2.46 bits per heavy atom. The van der Waals surface area contributed by atoms with Gasteiger partial charge in [0.05, 0.1) is 17.6 Å². The topological polar surface area (TPSA) is 108 Å².